The van der Waals surface area contributed by atoms with E-state index >= 15 is 0 Å². The van der Waals surface area contributed by atoms with E-state index < -0.39 is 12.3 Å². The lowest BCUT2D eigenvalue weighted by Crippen LogP contribution is -2.50. The maximum absolute atomic E-state index is 12.9. The van der Waals surface area contributed by atoms with Gasteiger partial charge >= 0.3 is 5.97 Å². The molecule has 0 spiro atoms. The average Bonchev–Trinajstić information content (AvgIpc) is 3.08. The van der Waals surface area contributed by atoms with Crippen LogP contribution in [0.15, 0.2) is 11.8 Å². The number of hydrogen-bond donors (Lipinski definition) is 1. The highest BCUT2D eigenvalue weighted by Gasteiger charge is 2.33. The van der Waals surface area contributed by atoms with Crippen LogP contribution >= 0.6 is 0 Å². The Morgan fingerprint density at radius 3 is 2.08 bits per heavy atom. The number of ether oxygens (including phenoxy) is 2. The summed E-state index contributed by atoms with van der Waals surface area (Å²) >= 11 is 0. The van der Waals surface area contributed by atoms with E-state index in [4.69, 9.17) is 9.47 Å². The molecule has 1 aliphatic heterocycles. The molecule has 3 rings (SSSR count). The first-order valence-electron chi connectivity index (χ1n) is 9.68. The summed E-state index contributed by atoms with van der Waals surface area (Å²) in [5.41, 5.74) is 0. The molecule has 1 atom stereocenters. The number of nitrogens with zero attached hydrogens (tertiary/aromatic N) is 1. The molecule has 0 bridgehead atoms. The van der Waals surface area contributed by atoms with Crippen LogP contribution in [0.1, 0.15) is 70.6 Å². The molecule has 3 aliphatic rings. The zero-order valence-corrected chi connectivity index (χ0v) is 14.8. The first-order valence-corrected chi connectivity index (χ1v) is 9.68. The maximum atomic E-state index is 12.9. The zero-order valence-electron chi connectivity index (χ0n) is 14.8. The summed E-state index contributed by atoms with van der Waals surface area (Å²) in [6.45, 7) is -0.247. The van der Waals surface area contributed by atoms with Crippen molar-refractivity contribution in [1.29, 1.82) is 0 Å². The quantitative estimate of drug-likeness (QED) is 0.771. The third kappa shape index (κ3) is 4.75. The van der Waals surface area contributed by atoms with Crippen LogP contribution in [0.3, 0.4) is 0 Å². The van der Waals surface area contributed by atoms with Crippen molar-refractivity contribution < 1.29 is 24.2 Å². The van der Waals surface area contributed by atoms with Crippen LogP contribution in [0.2, 0.25) is 0 Å². The fraction of sp³-hybridized carbons (Fsp3) is 0.789. The average molecular weight is 351 g/mol. The van der Waals surface area contributed by atoms with Crippen molar-refractivity contribution >= 4 is 11.9 Å². The third-order valence-corrected chi connectivity index (χ3v) is 5.52. The Kier molecular flexibility index (Phi) is 6.34. The van der Waals surface area contributed by atoms with E-state index in [1.54, 1.807) is 0 Å². The second kappa shape index (κ2) is 8.70. The van der Waals surface area contributed by atoms with Gasteiger partial charge < -0.3 is 19.5 Å². The van der Waals surface area contributed by atoms with Crippen LogP contribution in [-0.4, -0.2) is 46.9 Å². The van der Waals surface area contributed by atoms with E-state index in [2.05, 4.69) is 0 Å². The van der Waals surface area contributed by atoms with E-state index in [0.29, 0.717) is 0 Å². The van der Waals surface area contributed by atoms with E-state index in [9.17, 15) is 14.7 Å². The van der Waals surface area contributed by atoms with Gasteiger partial charge in [0.2, 0.25) is 12.0 Å². The summed E-state index contributed by atoms with van der Waals surface area (Å²) < 4.78 is 10.1. The van der Waals surface area contributed by atoms with Crippen molar-refractivity contribution in [2.24, 2.45) is 0 Å². The highest BCUT2D eigenvalue weighted by Crippen LogP contribution is 2.30. The molecule has 1 amide bonds. The Bertz CT molecular complexity index is 488. The lowest BCUT2D eigenvalue weighted by atomic mass is 9.88. The highest BCUT2D eigenvalue weighted by molar-refractivity contribution is 5.89. The Morgan fingerprint density at radius 1 is 1.04 bits per heavy atom. The van der Waals surface area contributed by atoms with Crippen molar-refractivity contribution in [3.63, 3.8) is 0 Å². The van der Waals surface area contributed by atoms with E-state index in [-0.39, 0.29) is 36.8 Å². The predicted octanol–water partition coefficient (Wildman–Crippen LogP) is 2.65. The van der Waals surface area contributed by atoms with Gasteiger partial charge in [0.25, 0.3) is 5.91 Å². The van der Waals surface area contributed by atoms with Crippen molar-refractivity contribution in [2.45, 2.75) is 89.0 Å². The van der Waals surface area contributed by atoms with Gasteiger partial charge in [0.1, 0.15) is 0 Å². The van der Waals surface area contributed by atoms with Crippen molar-refractivity contribution in [2.75, 3.05) is 6.61 Å². The minimum Gasteiger partial charge on any atom is -0.458 e. The molecule has 1 N–H and O–H groups in total. The summed E-state index contributed by atoms with van der Waals surface area (Å²) in [5.74, 6) is -0.759. The molecule has 0 aromatic rings. The smallest absolute Gasteiger partial charge is 0.373 e. The fourth-order valence-electron chi connectivity index (χ4n) is 4.28. The third-order valence-electron chi connectivity index (χ3n) is 5.52. The SMILES string of the molecule is O=C(OCC(=O)N(C1CCCCC1)C1CCCCC1)C1=CCC(O)O1. The highest BCUT2D eigenvalue weighted by atomic mass is 16.6. The molecule has 0 saturated heterocycles. The Hall–Kier alpha value is -1.56. The molecule has 140 valence electrons. The van der Waals surface area contributed by atoms with Gasteiger partial charge in [-0.2, -0.15) is 0 Å². The number of aliphatic hydroxyl groups excluding tert-OH is 1. The van der Waals surface area contributed by atoms with Crippen LogP contribution in [0.4, 0.5) is 0 Å². The van der Waals surface area contributed by atoms with Gasteiger partial charge in [-0.15, -0.1) is 0 Å². The molecule has 2 fully saturated rings. The van der Waals surface area contributed by atoms with Crippen LogP contribution in [0.5, 0.6) is 0 Å². The number of aliphatic hydroxyl groups is 1. The number of rotatable bonds is 5. The first-order chi connectivity index (χ1) is 12.1. The molecular weight excluding hydrogens is 322 g/mol. The van der Waals surface area contributed by atoms with Crippen molar-refractivity contribution in [3.05, 3.63) is 11.8 Å². The van der Waals surface area contributed by atoms with E-state index in [1.807, 2.05) is 4.90 Å². The number of amides is 1. The van der Waals surface area contributed by atoms with Crippen LogP contribution in [0, 0.1) is 0 Å². The molecule has 0 radical (unpaired) electrons. The number of carbonyl (C=O) groups excluding carboxylic acids is 2. The molecule has 25 heavy (non-hydrogen) atoms. The summed E-state index contributed by atoms with van der Waals surface area (Å²) in [6.07, 6.45) is 12.1. The molecule has 1 heterocycles. The maximum Gasteiger partial charge on any atom is 0.373 e. The van der Waals surface area contributed by atoms with Crippen LogP contribution < -0.4 is 0 Å². The van der Waals surface area contributed by atoms with E-state index in [1.165, 1.54) is 44.6 Å². The Balaban J connectivity index is 1.59. The molecular formula is C19H29NO5. The largest absolute Gasteiger partial charge is 0.458 e. The number of hydrogen-bond acceptors (Lipinski definition) is 5. The van der Waals surface area contributed by atoms with Crippen LogP contribution in [0.25, 0.3) is 0 Å². The molecule has 6 heteroatoms. The molecule has 6 nitrogen and oxygen atoms in total. The molecule has 0 aromatic heterocycles. The van der Waals surface area contributed by atoms with Crippen molar-refractivity contribution in [1.82, 2.24) is 4.90 Å². The Morgan fingerprint density at radius 2 is 1.60 bits per heavy atom. The van der Waals surface area contributed by atoms with Gasteiger partial charge in [-0.1, -0.05) is 38.5 Å². The summed E-state index contributed by atoms with van der Waals surface area (Å²) in [4.78, 5) is 26.9. The van der Waals surface area contributed by atoms with Crippen LogP contribution in [-0.2, 0) is 19.1 Å². The second-order valence-electron chi connectivity index (χ2n) is 7.34. The summed E-state index contributed by atoms with van der Waals surface area (Å²) in [5, 5.41) is 9.30. The molecule has 2 aliphatic carbocycles. The monoisotopic (exact) mass is 351 g/mol. The predicted molar refractivity (Wildman–Crippen MR) is 91.3 cm³/mol. The van der Waals surface area contributed by atoms with E-state index in [0.717, 1.165) is 25.7 Å². The van der Waals surface area contributed by atoms with Gasteiger partial charge in [-0.3, -0.25) is 4.79 Å². The van der Waals surface area contributed by atoms with Gasteiger partial charge in [-0.25, -0.2) is 4.79 Å². The minimum absolute atomic E-state index is 0.00202. The number of carbonyl (C=O) groups is 2. The minimum atomic E-state index is -0.987. The second-order valence-corrected chi connectivity index (χ2v) is 7.34. The van der Waals surface area contributed by atoms with Crippen molar-refractivity contribution in [3.8, 4) is 0 Å². The molecule has 1 unspecified atom stereocenters. The molecule has 0 aromatic carbocycles. The summed E-state index contributed by atoms with van der Waals surface area (Å²) in [7, 11) is 0. The normalized spacial score (nSPS) is 25.2. The fourth-order valence-corrected chi connectivity index (χ4v) is 4.28. The lowest BCUT2D eigenvalue weighted by molar-refractivity contribution is -0.157. The summed E-state index contributed by atoms with van der Waals surface area (Å²) in [6, 6.07) is 0.568. The molecule has 2 saturated carbocycles. The first kappa shape index (κ1) is 18.2. The van der Waals surface area contributed by atoms with Gasteiger partial charge in [-0.05, 0) is 31.8 Å². The zero-order chi connectivity index (χ0) is 17.6. The standard InChI is InChI=1S/C19H29NO5/c21-17(13-24-19(23)16-11-12-18(22)25-16)20(14-7-3-1-4-8-14)15-9-5-2-6-10-15/h11,14-15,18,22H,1-10,12-13H2. The number of esters is 1. The lowest BCUT2D eigenvalue weighted by Gasteiger charge is -2.41. The van der Waals surface area contributed by atoms with Gasteiger partial charge in [0.15, 0.2) is 6.61 Å². The van der Waals surface area contributed by atoms with Gasteiger partial charge in [0, 0.05) is 18.5 Å². The topological polar surface area (TPSA) is 76.1 Å². The Labute approximate surface area is 149 Å². The van der Waals surface area contributed by atoms with Gasteiger partial charge in [0.05, 0.1) is 0 Å².